The quantitative estimate of drug-likeness (QED) is 0.748. The lowest BCUT2D eigenvalue weighted by Crippen LogP contribution is -2.40. The Morgan fingerprint density at radius 2 is 2.00 bits per heavy atom. The van der Waals surface area contributed by atoms with E-state index in [1.165, 1.54) is 11.1 Å². The summed E-state index contributed by atoms with van der Waals surface area (Å²) in [6, 6.07) is 14.3. The van der Waals surface area contributed by atoms with Gasteiger partial charge in [0, 0.05) is 19.3 Å². The van der Waals surface area contributed by atoms with Crippen molar-refractivity contribution in [2.45, 2.75) is 33.2 Å². The molecule has 2 aromatic carbocycles. The molecular formula is C23H28N4O. The fourth-order valence-corrected chi connectivity index (χ4v) is 4.01. The highest BCUT2D eigenvalue weighted by Gasteiger charge is 2.26. The molecule has 2 heterocycles. The summed E-state index contributed by atoms with van der Waals surface area (Å²) in [5, 5.41) is 3.11. The van der Waals surface area contributed by atoms with E-state index in [9.17, 15) is 4.79 Å². The number of anilines is 1. The molecule has 1 aromatic heterocycles. The smallest absolute Gasteiger partial charge is 0.228 e. The van der Waals surface area contributed by atoms with E-state index < -0.39 is 0 Å². The number of nitrogens with zero attached hydrogens (tertiary/aromatic N) is 3. The van der Waals surface area contributed by atoms with Gasteiger partial charge in [0.1, 0.15) is 5.82 Å². The van der Waals surface area contributed by atoms with Crippen LogP contribution in [0.3, 0.4) is 0 Å². The van der Waals surface area contributed by atoms with Crippen LogP contribution in [0.4, 0.5) is 5.69 Å². The lowest BCUT2D eigenvalue weighted by Gasteiger charge is -2.31. The van der Waals surface area contributed by atoms with Crippen molar-refractivity contribution < 1.29 is 4.79 Å². The molecular weight excluding hydrogens is 348 g/mol. The van der Waals surface area contributed by atoms with Gasteiger partial charge in [0.15, 0.2) is 0 Å². The SMILES string of the molecule is Cc1ccc(NC(=O)[C@@H]2CCCN(Cc3nc4ccccc4n3C)C2)cc1C. The number of rotatable bonds is 4. The molecule has 3 aromatic rings. The van der Waals surface area contributed by atoms with E-state index in [0.717, 1.165) is 55.0 Å². The molecule has 0 bridgehead atoms. The summed E-state index contributed by atoms with van der Waals surface area (Å²) in [6.07, 6.45) is 1.98. The predicted octanol–water partition coefficient (Wildman–Crippen LogP) is 4.04. The molecule has 5 heteroatoms. The second-order valence-corrected chi connectivity index (χ2v) is 7.94. The monoisotopic (exact) mass is 376 g/mol. The van der Waals surface area contributed by atoms with Gasteiger partial charge >= 0.3 is 0 Å². The number of piperidine rings is 1. The van der Waals surface area contributed by atoms with E-state index in [2.05, 4.69) is 53.9 Å². The number of aromatic nitrogens is 2. The number of imidazole rings is 1. The van der Waals surface area contributed by atoms with Crippen molar-refractivity contribution in [3.8, 4) is 0 Å². The van der Waals surface area contributed by atoms with E-state index in [1.54, 1.807) is 0 Å². The molecule has 1 aliphatic rings. The number of nitrogens with one attached hydrogen (secondary N) is 1. The largest absolute Gasteiger partial charge is 0.330 e. The molecule has 1 fully saturated rings. The van der Waals surface area contributed by atoms with Crippen molar-refractivity contribution >= 4 is 22.6 Å². The number of likely N-dealkylation sites (tertiary alicyclic amines) is 1. The third kappa shape index (κ3) is 3.80. The lowest BCUT2D eigenvalue weighted by molar-refractivity contribution is -0.121. The second kappa shape index (κ2) is 7.76. The molecule has 1 amide bonds. The van der Waals surface area contributed by atoms with Crippen LogP contribution < -0.4 is 5.32 Å². The number of amides is 1. The Morgan fingerprint density at radius 3 is 2.79 bits per heavy atom. The fraction of sp³-hybridized carbons (Fsp3) is 0.391. The summed E-state index contributed by atoms with van der Waals surface area (Å²) in [5.41, 5.74) is 5.51. The predicted molar refractivity (Wildman–Crippen MR) is 113 cm³/mol. The topological polar surface area (TPSA) is 50.2 Å². The van der Waals surface area contributed by atoms with Crippen molar-refractivity contribution in [2.24, 2.45) is 13.0 Å². The highest BCUT2D eigenvalue weighted by Crippen LogP contribution is 2.22. The first kappa shape index (κ1) is 18.7. The number of carbonyl (C=O) groups is 1. The van der Waals surface area contributed by atoms with Crippen molar-refractivity contribution in [3.63, 3.8) is 0 Å². The van der Waals surface area contributed by atoms with Gasteiger partial charge in [0.25, 0.3) is 0 Å². The fourth-order valence-electron chi connectivity index (χ4n) is 4.01. The summed E-state index contributed by atoms with van der Waals surface area (Å²) in [5.74, 6) is 1.19. The number of carbonyl (C=O) groups excluding carboxylic acids is 1. The molecule has 0 saturated carbocycles. The lowest BCUT2D eigenvalue weighted by atomic mass is 9.97. The van der Waals surface area contributed by atoms with Crippen LogP contribution in [-0.2, 0) is 18.4 Å². The molecule has 0 aliphatic carbocycles. The maximum atomic E-state index is 12.8. The number of para-hydroxylation sites is 2. The zero-order valence-corrected chi connectivity index (χ0v) is 16.9. The van der Waals surface area contributed by atoms with Crippen molar-refractivity contribution in [3.05, 3.63) is 59.4 Å². The Balaban J connectivity index is 1.42. The molecule has 1 N–H and O–H groups in total. The van der Waals surface area contributed by atoms with Gasteiger partial charge in [-0.05, 0) is 68.6 Å². The Kier molecular flexibility index (Phi) is 5.18. The van der Waals surface area contributed by atoms with Gasteiger partial charge in [0.2, 0.25) is 5.91 Å². The van der Waals surface area contributed by atoms with Crippen LogP contribution >= 0.6 is 0 Å². The van der Waals surface area contributed by atoms with Crippen LogP contribution in [0.25, 0.3) is 11.0 Å². The minimum absolute atomic E-state index is 0.0186. The van der Waals surface area contributed by atoms with Crippen LogP contribution in [0.1, 0.15) is 29.8 Å². The molecule has 4 rings (SSSR count). The number of aryl methyl sites for hydroxylation is 3. The molecule has 1 aliphatic heterocycles. The minimum Gasteiger partial charge on any atom is -0.330 e. The summed E-state index contributed by atoms with van der Waals surface area (Å²) >= 11 is 0. The van der Waals surface area contributed by atoms with E-state index in [1.807, 2.05) is 24.3 Å². The molecule has 28 heavy (non-hydrogen) atoms. The zero-order chi connectivity index (χ0) is 19.7. The third-order valence-electron chi connectivity index (χ3n) is 5.90. The van der Waals surface area contributed by atoms with Gasteiger partial charge in [-0.2, -0.15) is 0 Å². The Morgan fingerprint density at radius 1 is 1.18 bits per heavy atom. The first-order chi connectivity index (χ1) is 13.5. The maximum Gasteiger partial charge on any atom is 0.228 e. The summed E-state index contributed by atoms with van der Waals surface area (Å²) in [7, 11) is 2.07. The number of hydrogen-bond acceptors (Lipinski definition) is 3. The van der Waals surface area contributed by atoms with Gasteiger partial charge in [-0.15, -0.1) is 0 Å². The maximum absolute atomic E-state index is 12.8. The first-order valence-corrected chi connectivity index (χ1v) is 10.0. The Labute approximate surface area is 166 Å². The average molecular weight is 377 g/mol. The average Bonchev–Trinajstić information content (AvgIpc) is 3.01. The second-order valence-electron chi connectivity index (χ2n) is 7.94. The number of benzene rings is 2. The first-order valence-electron chi connectivity index (χ1n) is 10.0. The van der Waals surface area contributed by atoms with Gasteiger partial charge < -0.3 is 9.88 Å². The third-order valence-corrected chi connectivity index (χ3v) is 5.90. The van der Waals surface area contributed by atoms with Gasteiger partial charge in [0.05, 0.1) is 23.5 Å². The highest BCUT2D eigenvalue weighted by atomic mass is 16.1. The summed E-state index contributed by atoms with van der Waals surface area (Å²) < 4.78 is 2.16. The number of hydrogen-bond donors (Lipinski definition) is 1. The molecule has 5 nitrogen and oxygen atoms in total. The Hall–Kier alpha value is -2.66. The van der Waals surface area contributed by atoms with Gasteiger partial charge in [-0.1, -0.05) is 18.2 Å². The Bertz CT molecular complexity index is 1010. The molecule has 0 radical (unpaired) electrons. The minimum atomic E-state index is 0.0186. The normalized spacial score (nSPS) is 17.8. The summed E-state index contributed by atoms with van der Waals surface area (Å²) in [4.78, 5) is 20.0. The molecule has 0 unspecified atom stereocenters. The van der Waals surface area contributed by atoms with Gasteiger partial charge in [-0.3, -0.25) is 9.69 Å². The van der Waals surface area contributed by atoms with Crippen LogP contribution in [-0.4, -0.2) is 33.4 Å². The standard InChI is InChI=1S/C23H28N4O/c1-16-10-11-19(13-17(16)2)24-23(28)18-7-6-12-27(14-18)15-22-25-20-8-4-5-9-21(20)26(22)3/h4-5,8-11,13,18H,6-7,12,14-15H2,1-3H3,(H,24,28)/t18-/m1/s1. The van der Waals surface area contributed by atoms with Crippen molar-refractivity contribution in [2.75, 3.05) is 18.4 Å². The molecule has 1 atom stereocenters. The zero-order valence-electron chi connectivity index (χ0n) is 16.9. The van der Waals surface area contributed by atoms with Crippen LogP contribution in [0.15, 0.2) is 42.5 Å². The summed E-state index contributed by atoms with van der Waals surface area (Å²) in [6.45, 7) is 6.72. The van der Waals surface area contributed by atoms with E-state index in [-0.39, 0.29) is 11.8 Å². The molecule has 1 saturated heterocycles. The molecule has 146 valence electrons. The highest BCUT2D eigenvalue weighted by molar-refractivity contribution is 5.92. The number of fused-ring (bicyclic) bond motifs is 1. The van der Waals surface area contributed by atoms with Crippen molar-refractivity contribution in [1.82, 2.24) is 14.5 Å². The van der Waals surface area contributed by atoms with Crippen molar-refractivity contribution in [1.29, 1.82) is 0 Å². The van der Waals surface area contributed by atoms with E-state index in [0.29, 0.717) is 0 Å². The van der Waals surface area contributed by atoms with E-state index >= 15 is 0 Å². The molecule has 0 spiro atoms. The van der Waals surface area contributed by atoms with Crippen LogP contribution in [0.5, 0.6) is 0 Å². The van der Waals surface area contributed by atoms with Crippen LogP contribution in [0, 0.1) is 19.8 Å². The van der Waals surface area contributed by atoms with Gasteiger partial charge in [-0.25, -0.2) is 4.98 Å². The van der Waals surface area contributed by atoms with E-state index in [4.69, 9.17) is 4.98 Å². The van der Waals surface area contributed by atoms with Crippen LogP contribution in [0.2, 0.25) is 0 Å².